The van der Waals surface area contributed by atoms with Gasteiger partial charge in [0.1, 0.15) is 5.82 Å². The number of carbonyl (C=O) groups excluding carboxylic acids is 1. The first kappa shape index (κ1) is 17.5. The molecule has 0 radical (unpaired) electrons. The number of benzene rings is 1. The van der Waals surface area contributed by atoms with Crippen LogP contribution >= 0.6 is 0 Å². The number of aryl methyl sites for hydroxylation is 1. The molecule has 1 aromatic heterocycles. The van der Waals surface area contributed by atoms with Crippen LogP contribution in [0.1, 0.15) is 43.4 Å². The monoisotopic (exact) mass is 351 g/mol. The number of amides is 1. The van der Waals surface area contributed by atoms with E-state index in [-0.39, 0.29) is 23.3 Å². The highest BCUT2D eigenvalue weighted by atomic mass is 19.4. The van der Waals surface area contributed by atoms with E-state index in [1.54, 1.807) is 13.0 Å². The molecule has 0 unspecified atom stereocenters. The Morgan fingerprint density at radius 1 is 1.20 bits per heavy atom. The van der Waals surface area contributed by atoms with Gasteiger partial charge in [-0.3, -0.25) is 4.79 Å². The van der Waals surface area contributed by atoms with E-state index in [0.29, 0.717) is 5.69 Å². The van der Waals surface area contributed by atoms with Crippen molar-refractivity contribution in [2.45, 2.75) is 45.2 Å². The van der Waals surface area contributed by atoms with Crippen molar-refractivity contribution >= 4 is 11.7 Å². The minimum Gasteiger partial charge on any atom is -0.310 e. The number of aromatic nitrogens is 2. The van der Waals surface area contributed by atoms with Crippen LogP contribution in [0.3, 0.4) is 0 Å². The summed E-state index contributed by atoms with van der Waals surface area (Å²) in [6.07, 6.45) is 0.275. The van der Waals surface area contributed by atoms with Gasteiger partial charge in [-0.1, -0.05) is 31.4 Å². The first-order valence-electron chi connectivity index (χ1n) is 8.40. The lowest BCUT2D eigenvalue weighted by atomic mass is 9.89. The van der Waals surface area contributed by atoms with E-state index in [0.717, 1.165) is 38.2 Å². The molecule has 1 aliphatic carbocycles. The predicted octanol–water partition coefficient (Wildman–Crippen LogP) is 4.72. The van der Waals surface area contributed by atoms with Gasteiger partial charge in [0, 0.05) is 12.0 Å². The maximum Gasteiger partial charge on any atom is 0.418 e. The SMILES string of the molecule is Cc1cc(NC(=O)C2CCCCC2)n(-c2ccccc2C(F)(F)F)n1. The molecule has 2 aromatic rings. The third-order valence-corrected chi connectivity index (χ3v) is 4.50. The van der Waals surface area contributed by atoms with Crippen LogP contribution in [0, 0.1) is 12.8 Å². The van der Waals surface area contributed by atoms with Crippen LogP contribution in [0.4, 0.5) is 19.0 Å². The summed E-state index contributed by atoms with van der Waals surface area (Å²) in [5.41, 5.74) is -0.343. The third-order valence-electron chi connectivity index (χ3n) is 4.50. The zero-order chi connectivity index (χ0) is 18.0. The van der Waals surface area contributed by atoms with Crippen molar-refractivity contribution in [1.29, 1.82) is 0 Å². The number of nitrogens with zero attached hydrogens (tertiary/aromatic N) is 2. The topological polar surface area (TPSA) is 46.9 Å². The second-order valence-corrected chi connectivity index (χ2v) is 6.42. The van der Waals surface area contributed by atoms with Gasteiger partial charge in [0.15, 0.2) is 0 Å². The highest BCUT2D eigenvalue weighted by molar-refractivity contribution is 5.92. The Balaban J connectivity index is 1.93. The summed E-state index contributed by atoms with van der Waals surface area (Å²) in [7, 11) is 0. The standard InChI is InChI=1S/C18H20F3N3O/c1-12-11-16(22-17(25)13-7-3-2-4-8-13)24(23-12)15-10-6-5-9-14(15)18(19,20)21/h5-6,9-11,13H,2-4,7-8H2,1H3,(H,22,25). The van der Waals surface area contributed by atoms with E-state index in [1.807, 2.05) is 0 Å². The highest BCUT2D eigenvalue weighted by Gasteiger charge is 2.34. The summed E-state index contributed by atoms with van der Waals surface area (Å²) in [5, 5.41) is 6.93. The third kappa shape index (κ3) is 3.86. The lowest BCUT2D eigenvalue weighted by molar-refractivity contribution is -0.137. The van der Waals surface area contributed by atoms with E-state index in [1.165, 1.54) is 22.9 Å². The van der Waals surface area contributed by atoms with Gasteiger partial charge in [-0.2, -0.15) is 18.3 Å². The molecule has 1 fully saturated rings. The number of hydrogen-bond acceptors (Lipinski definition) is 2. The molecule has 1 aromatic carbocycles. The number of nitrogens with one attached hydrogen (secondary N) is 1. The number of halogens is 3. The second-order valence-electron chi connectivity index (χ2n) is 6.42. The van der Waals surface area contributed by atoms with Crippen molar-refractivity contribution < 1.29 is 18.0 Å². The molecule has 0 spiro atoms. The van der Waals surface area contributed by atoms with Gasteiger partial charge in [-0.15, -0.1) is 0 Å². The molecule has 3 rings (SSSR count). The van der Waals surface area contributed by atoms with Gasteiger partial charge in [-0.05, 0) is 31.9 Å². The number of para-hydroxylation sites is 1. The molecular formula is C18H20F3N3O. The van der Waals surface area contributed by atoms with Crippen LogP contribution in [0.2, 0.25) is 0 Å². The van der Waals surface area contributed by atoms with Gasteiger partial charge in [0.05, 0.1) is 16.9 Å². The van der Waals surface area contributed by atoms with Gasteiger partial charge in [0.25, 0.3) is 0 Å². The number of hydrogen-bond donors (Lipinski definition) is 1. The van der Waals surface area contributed by atoms with Crippen molar-refractivity contribution in [2.24, 2.45) is 5.92 Å². The number of rotatable bonds is 3. The quantitative estimate of drug-likeness (QED) is 0.870. The van der Waals surface area contributed by atoms with Crippen molar-refractivity contribution in [2.75, 3.05) is 5.32 Å². The van der Waals surface area contributed by atoms with Crippen LogP contribution < -0.4 is 5.32 Å². The van der Waals surface area contributed by atoms with Crippen molar-refractivity contribution in [1.82, 2.24) is 9.78 Å². The minimum atomic E-state index is -4.50. The van der Waals surface area contributed by atoms with Gasteiger partial charge >= 0.3 is 6.18 Å². The fraction of sp³-hybridized carbons (Fsp3) is 0.444. The number of carbonyl (C=O) groups is 1. The lowest BCUT2D eigenvalue weighted by Crippen LogP contribution is -2.26. The fourth-order valence-electron chi connectivity index (χ4n) is 3.26. The summed E-state index contributed by atoms with van der Waals surface area (Å²) in [6, 6.07) is 6.82. The molecule has 0 atom stereocenters. The number of anilines is 1. The molecule has 1 heterocycles. The maximum absolute atomic E-state index is 13.3. The Bertz CT molecular complexity index is 761. The molecule has 1 aliphatic rings. The van der Waals surface area contributed by atoms with E-state index >= 15 is 0 Å². The molecule has 1 N–H and O–H groups in total. The molecule has 25 heavy (non-hydrogen) atoms. The molecule has 1 saturated carbocycles. The van der Waals surface area contributed by atoms with Crippen LogP contribution in [0.5, 0.6) is 0 Å². The second kappa shape index (κ2) is 6.90. The average molecular weight is 351 g/mol. The summed E-state index contributed by atoms with van der Waals surface area (Å²) < 4.78 is 41.1. The van der Waals surface area contributed by atoms with Gasteiger partial charge < -0.3 is 5.32 Å². The largest absolute Gasteiger partial charge is 0.418 e. The molecule has 0 saturated heterocycles. The van der Waals surface area contributed by atoms with Crippen LogP contribution in [-0.4, -0.2) is 15.7 Å². The first-order valence-corrected chi connectivity index (χ1v) is 8.40. The molecule has 1 amide bonds. The van der Waals surface area contributed by atoms with Crippen LogP contribution in [-0.2, 0) is 11.0 Å². The van der Waals surface area contributed by atoms with E-state index in [9.17, 15) is 18.0 Å². The molecule has 0 bridgehead atoms. The summed E-state index contributed by atoms with van der Waals surface area (Å²) in [5.74, 6) is 0.0328. The Morgan fingerprint density at radius 2 is 1.88 bits per heavy atom. The molecule has 4 nitrogen and oxygen atoms in total. The van der Waals surface area contributed by atoms with Crippen molar-refractivity contribution in [3.05, 3.63) is 41.6 Å². The Labute approximate surface area is 144 Å². The highest BCUT2D eigenvalue weighted by Crippen LogP contribution is 2.35. The van der Waals surface area contributed by atoms with Crippen LogP contribution in [0.15, 0.2) is 30.3 Å². The zero-order valence-corrected chi connectivity index (χ0v) is 13.9. The van der Waals surface area contributed by atoms with E-state index in [2.05, 4.69) is 10.4 Å². The predicted molar refractivity (Wildman–Crippen MR) is 88.5 cm³/mol. The van der Waals surface area contributed by atoms with E-state index < -0.39 is 11.7 Å². The summed E-state index contributed by atoms with van der Waals surface area (Å²) >= 11 is 0. The van der Waals surface area contributed by atoms with Crippen molar-refractivity contribution in [3.8, 4) is 5.69 Å². The summed E-state index contributed by atoms with van der Waals surface area (Å²) in [4.78, 5) is 12.5. The Morgan fingerprint density at radius 3 is 2.56 bits per heavy atom. The average Bonchev–Trinajstić information content (AvgIpc) is 2.95. The van der Waals surface area contributed by atoms with Gasteiger partial charge in [0.2, 0.25) is 5.91 Å². The summed E-state index contributed by atoms with van der Waals surface area (Å²) in [6.45, 7) is 1.68. The normalized spacial score (nSPS) is 16.0. The minimum absolute atomic E-state index is 0.0877. The fourth-order valence-corrected chi connectivity index (χ4v) is 3.26. The molecule has 7 heteroatoms. The lowest BCUT2D eigenvalue weighted by Gasteiger charge is -2.21. The van der Waals surface area contributed by atoms with Crippen molar-refractivity contribution in [3.63, 3.8) is 0 Å². The van der Waals surface area contributed by atoms with Gasteiger partial charge in [-0.25, -0.2) is 4.68 Å². The smallest absolute Gasteiger partial charge is 0.310 e. The molecule has 0 aliphatic heterocycles. The zero-order valence-electron chi connectivity index (χ0n) is 13.9. The maximum atomic E-state index is 13.3. The first-order chi connectivity index (χ1) is 11.9. The molecular weight excluding hydrogens is 331 g/mol. The molecule has 134 valence electrons. The Hall–Kier alpha value is -2.31. The Kier molecular flexibility index (Phi) is 4.83. The number of alkyl halides is 3. The van der Waals surface area contributed by atoms with Crippen LogP contribution in [0.25, 0.3) is 5.69 Å². The van der Waals surface area contributed by atoms with E-state index in [4.69, 9.17) is 0 Å².